The van der Waals surface area contributed by atoms with Gasteiger partial charge in [0, 0.05) is 12.6 Å². The summed E-state index contributed by atoms with van der Waals surface area (Å²) in [5.74, 6) is 0. The van der Waals surface area contributed by atoms with Crippen molar-refractivity contribution in [3.8, 4) is 0 Å². The standard InChI is InChI=1S/C10H17ClFNO/c1-13(7-9(12)10(11)14)8-5-3-2-4-6-8/h8-9H,2-7H2,1H3. The molecule has 0 saturated heterocycles. The van der Waals surface area contributed by atoms with Crippen LogP contribution in [0.15, 0.2) is 0 Å². The maximum Gasteiger partial charge on any atom is 0.257 e. The predicted molar refractivity (Wildman–Crippen MR) is 55.3 cm³/mol. The molecule has 1 atom stereocenters. The molecule has 1 fully saturated rings. The van der Waals surface area contributed by atoms with Gasteiger partial charge in [-0.05, 0) is 31.5 Å². The molecule has 0 spiro atoms. The van der Waals surface area contributed by atoms with Crippen LogP contribution in [0.4, 0.5) is 4.39 Å². The van der Waals surface area contributed by atoms with E-state index in [1.54, 1.807) is 0 Å². The molecule has 4 heteroatoms. The molecule has 0 aromatic rings. The van der Waals surface area contributed by atoms with Crippen LogP contribution >= 0.6 is 11.6 Å². The average molecular weight is 222 g/mol. The van der Waals surface area contributed by atoms with Crippen molar-refractivity contribution in [1.29, 1.82) is 0 Å². The van der Waals surface area contributed by atoms with Gasteiger partial charge < -0.3 is 4.90 Å². The zero-order chi connectivity index (χ0) is 10.6. The Morgan fingerprint density at radius 3 is 2.57 bits per heavy atom. The Kier molecular flexibility index (Phi) is 4.82. The Bertz CT molecular complexity index is 195. The summed E-state index contributed by atoms with van der Waals surface area (Å²) in [6.07, 6.45) is 4.38. The lowest BCUT2D eigenvalue weighted by atomic mass is 9.94. The fourth-order valence-corrected chi connectivity index (χ4v) is 2.06. The van der Waals surface area contributed by atoms with E-state index in [4.69, 9.17) is 11.6 Å². The molecule has 0 aromatic carbocycles. The maximum absolute atomic E-state index is 13.0. The van der Waals surface area contributed by atoms with Crippen molar-refractivity contribution in [2.75, 3.05) is 13.6 Å². The van der Waals surface area contributed by atoms with Gasteiger partial charge in [0.05, 0.1) is 0 Å². The minimum absolute atomic E-state index is 0.132. The van der Waals surface area contributed by atoms with Crippen molar-refractivity contribution in [3.63, 3.8) is 0 Å². The van der Waals surface area contributed by atoms with E-state index in [0.717, 1.165) is 12.8 Å². The van der Waals surface area contributed by atoms with E-state index in [2.05, 4.69) is 0 Å². The molecular weight excluding hydrogens is 205 g/mol. The molecule has 1 unspecified atom stereocenters. The van der Waals surface area contributed by atoms with Crippen LogP contribution in [0.25, 0.3) is 0 Å². The first-order chi connectivity index (χ1) is 6.61. The van der Waals surface area contributed by atoms with E-state index in [9.17, 15) is 9.18 Å². The summed E-state index contributed by atoms with van der Waals surface area (Å²) >= 11 is 5.07. The highest BCUT2D eigenvalue weighted by molar-refractivity contribution is 6.64. The highest BCUT2D eigenvalue weighted by Gasteiger charge is 2.23. The smallest absolute Gasteiger partial charge is 0.257 e. The average Bonchev–Trinajstić information content (AvgIpc) is 2.19. The summed E-state index contributed by atoms with van der Waals surface area (Å²) in [6.45, 7) is 0.132. The van der Waals surface area contributed by atoms with E-state index < -0.39 is 11.4 Å². The van der Waals surface area contributed by atoms with Gasteiger partial charge in [0.1, 0.15) is 0 Å². The highest BCUT2D eigenvalue weighted by Crippen LogP contribution is 2.21. The van der Waals surface area contributed by atoms with E-state index in [1.807, 2.05) is 11.9 Å². The van der Waals surface area contributed by atoms with Gasteiger partial charge in [-0.25, -0.2) is 4.39 Å². The van der Waals surface area contributed by atoms with Crippen molar-refractivity contribution in [1.82, 2.24) is 4.90 Å². The third-order valence-corrected chi connectivity index (χ3v) is 3.13. The third-order valence-electron chi connectivity index (χ3n) is 2.89. The van der Waals surface area contributed by atoms with Crippen LogP contribution in [0.3, 0.4) is 0 Å². The van der Waals surface area contributed by atoms with Crippen LogP contribution < -0.4 is 0 Å². The van der Waals surface area contributed by atoms with Gasteiger partial charge in [-0.3, -0.25) is 4.79 Å². The number of carbonyl (C=O) groups excluding carboxylic acids is 1. The van der Waals surface area contributed by atoms with Gasteiger partial charge in [-0.1, -0.05) is 19.3 Å². The first kappa shape index (κ1) is 11.9. The van der Waals surface area contributed by atoms with Crippen LogP contribution in [0.5, 0.6) is 0 Å². The lowest BCUT2D eigenvalue weighted by Crippen LogP contribution is -2.39. The molecule has 1 rings (SSSR count). The van der Waals surface area contributed by atoms with Crippen molar-refractivity contribution >= 4 is 16.8 Å². The summed E-state index contributed by atoms with van der Waals surface area (Å²) in [6, 6.07) is 0.429. The molecule has 82 valence electrons. The lowest BCUT2D eigenvalue weighted by Gasteiger charge is -2.31. The van der Waals surface area contributed by atoms with Gasteiger partial charge in [-0.2, -0.15) is 0 Å². The van der Waals surface area contributed by atoms with E-state index in [-0.39, 0.29) is 6.54 Å². The Labute approximate surface area is 89.4 Å². The van der Waals surface area contributed by atoms with Gasteiger partial charge in [0.2, 0.25) is 0 Å². The maximum atomic E-state index is 13.0. The first-order valence-corrected chi connectivity index (χ1v) is 5.52. The van der Waals surface area contributed by atoms with Crippen molar-refractivity contribution in [3.05, 3.63) is 0 Å². The van der Waals surface area contributed by atoms with E-state index in [0.29, 0.717) is 6.04 Å². The van der Waals surface area contributed by atoms with Gasteiger partial charge in [-0.15, -0.1) is 0 Å². The second-order valence-electron chi connectivity index (χ2n) is 4.00. The number of nitrogens with zero attached hydrogens (tertiary/aromatic N) is 1. The first-order valence-electron chi connectivity index (χ1n) is 5.15. The largest absolute Gasteiger partial charge is 0.300 e. The summed E-state index contributed by atoms with van der Waals surface area (Å²) in [7, 11) is 1.86. The molecule has 1 saturated carbocycles. The highest BCUT2D eigenvalue weighted by atomic mass is 35.5. The van der Waals surface area contributed by atoms with Crippen molar-refractivity contribution in [2.45, 2.75) is 44.3 Å². The third kappa shape index (κ3) is 3.54. The number of rotatable bonds is 4. The molecule has 0 aliphatic heterocycles. The number of carbonyl (C=O) groups is 1. The summed E-state index contributed by atoms with van der Waals surface area (Å²) < 4.78 is 13.0. The summed E-state index contributed by atoms with van der Waals surface area (Å²) in [4.78, 5) is 12.4. The number of hydrogen-bond donors (Lipinski definition) is 0. The lowest BCUT2D eigenvalue weighted by molar-refractivity contribution is -0.116. The zero-order valence-electron chi connectivity index (χ0n) is 8.51. The normalized spacial score (nSPS) is 21.1. The molecule has 1 aliphatic carbocycles. The SMILES string of the molecule is CN(CC(F)C(=O)Cl)C1CCCCC1. The summed E-state index contributed by atoms with van der Waals surface area (Å²) in [5.41, 5.74) is 0. The predicted octanol–water partition coefficient (Wildman–Crippen LogP) is 2.35. The van der Waals surface area contributed by atoms with Crippen LogP contribution in [-0.4, -0.2) is 35.9 Å². The van der Waals surface area contributed by atoms with Gasteiger partial charge in [0.25, 0.3) is 5.24 Å². The van der Waals surface area contributed by atoms with Crippen molar-refractivity contribution in [2.24, 2.45) is 0 Å². The fraction of sp³-hybridized carbons (Fsp3) is 0.900. The molecule has 0 aromatic heterocycles. The molecule has 14 heavy (non-hydrogen) atoms. The van der Waals surface area contributed by atoms with Gasteiger partial charge >= 0.3 is 0 Å². The molecule has 2 nitrogen and oxygen atoms in total. The van der Waals surface area contributed by atoms with Gasteiger partial charge in [0.15, 0.2) is 6.17 Å². The molecular formula is C10H17ClFNO. The van der Waals surface area contributed by atoms with E-state index in [1.165, 1.54) is 19.3 Å². The second-order valence-corrected chi connectivity index (χ2v) is 4.38. The molecule has 0 amide bonds. The van der Waals surface area contributed by atoms with Crippen LogP contribution in [0, 0.1) is 0 Å². The quantitative estimate of drug-likeness (QED) is 0.680. The topological polar surface area (TPSA) is 20.3 Å². The van der Waals surface area contributed by atoms with Crippen LogP contribution in [0.1, 0.15) is 32.1 Å². The molecule has 0 heterocycles. The minimum atomic E-state index is -1.54. The van der Waals surface area contributed by atoms with Crippen molar-refractivity contribution < 1.29 is 9.18 Å². The summed E-state index contributed by atoms with van der Waals surface area (Å²) in [5, 5.41) is -0.882. The Balaban J connectivity index is 2.32. The molecule has 0 N–H and O–H groups in total. The second kappa shape index (κ2) is 5.66. The molecule has 1 aliphatic rings. The minimum Gasteiger partial charge on any atom is -0.300 e. The molecule has 0 radical (unpaired) electrons. The zero-order valence-corrected chi connectivity index (χ0v) is 9.26. The fourth-order valence-electron chi connectivity index (χ4n) is 2.00. The number of hydrogen-bond acceptors (Lipinski definition) is 2. The van der Waals surface area contributed by atoms with Crippen LogP contribution in [0.2, 0.25) is 0 Å². The van der Waals surface area contributed by atoms with Crippen LogP contribution in [-0.2, 0) is 4.79 Å². The Morgan fingerprint density at radius 2 is 2.07 bits per heavy atom. The monoisotopic (exact) mass is 221 g/mol. The Hall–Kier alpha value is -0.150. The van der Waals surface area contributed by atoms with E-state index >= 15 is 0 Å². The molecule has 0 bridgehead atoms. The number of alkyl halides is 1. The number of halogens is 2. The Morgan fingerprint density at radius 1 is 1.50 bits per heavy atom.